The molecule has 0 spiro atoms. The Morgan fingerprint density at radius 3 is 2.60 bits per heavy atom. The van der Waals surface area contributed by atoms with Crippen LogP contribution in [0.2, 0.25) is 0 Å². The number of halogens is 2. The number of amides is 1. The summed E-state index contributed by atoms with van der Waals surface area (Å²) in [5, 5.41) is 0. The summed E-state index contributed by atoms with van der Waals surface area (Å²) >= 11 is 0. The molecule has 2 heterocycles. The number of benzene rings is 1. The maximum Gasteiger partial charge on any atom is 0.296 e. The molecule has 25 heavy (non-hydrogen) atoms. The highest BCUT2D eigenvalue weighted by molar-refractivity contribution is 6.04. The molecule has 2 aromatic heterocycles. The number of aryl methyl sites for hydroxylation is 2. The first kappa shape index (κ1) is 16.8. The van der Waals surface area contributed by atoms with Gasteiger partial charge < -0.3 is 4.42 Å². The summed E-state index contributed by atoms with van der Waals surface area (Å²) in [6.07, 6.45) is 1.57. The van der Waals surface area contributed by atoms with Gasteiger partial charge in [0.25, 0.3) is 5.91 Å². The summed E-state index contributed by atoms with van der Waals surface area (Å²) in [5.41, 5.74) is 0.884. The summed E-state index contributed by atoms with van der Waals surface area (Å²) in [7, 11) is 0. The van der Waals surface area contributed by atoms with Gasteiger partial charge in [0.2, 0.25) is 5.76 Å². The summed E-state index contributed by atoms with van der Waals surface area (Å²) < 4.78 is 32.9. The number of oxazole rings is 1. The summed E-state index contributed by atoms with van der Waals surface area (Å²) in [6, 6.07) is 8.24. The van der Waals surface area contributed by atoms with Crippen molar-refractivity contribution in [1.29, 1.82) is 0 Å². The molecule has 3 aromatic rings. The standard InChI is InChI=1S/C18H15F2N3O2/c1-11-17(25-12(2)22-11)18(24)23(10-14-5-3-4-8-21-14)16-7-6-13(19)9-15(16)20/h3-9H,10H2,1-2H3. The molecule has 5 nitrogen and oxygen atoms in total. The maximum absolute atomic E-state index is 14.3. The van der Waals surface area contributed by atoms with E-state index in [0.29, 0.717) is 17.3 Å². The Morgan fingerprint density at radius 2 is 2.00 bits per heavy atom. The van der Waals surface area contributed by atoms with E-state index in [1.165, 1.54) is 6.07 Å². The van der Waals surface area contributed by atoms with Crippen molar-refractivity contribution >= 4 is 11.6 Å². The van der Waals surface area contributed by atoms with Gasteiger partial charge in [0.1, 0.15) is 11.6 Å². The van der Waals surface area contributed by atoms with Crippen LogP contribution in [-0.2, 0) is 6.54 Å². The van der Waals surface area contributed by atoms with E-state index >= 15 is 0 Å². The number of aromatic nitrogens is 2. The number of carbonyl (C=O) groups is 1. The van der Waals surface area contributed by atoms with Crippen molar-refractivity contribution in [3.63, 3.8) is 0 Å². The van der Waals surface area contributed by atoms with Gasteiger partial charge in [0, 0.05) is 19.2 Å². The topological polar surface area (TPSA) is 59.2 Å². The van der Waals surface area contributed by atoms with Crippen LogP contribution in [0.15, 0.2) is 47.0 Å². The Labute approximate surface area is 142 Å². The van der Waals surface area contributed by atoms with Gasteiger partial charge in [0.05, 0.1) is 23.6 Å². The predicted molar refractivity (Wildman–Crippen MR) is 87.1 cm³/mol. The second kappa shape index (κ2) is 6.80. The highest BCUT2D eigenvalue weighted by Crippen LogP contribution is 2.25. The van der Waals surface area contributed by atoms with Crippen LogP contribution in [0.5, 0.6) is 0 Å². The van der Waals surface area contributed by atoms with Crippen LogP contribution in [0.1, 0.15) is 27.8 Å². The molecular weight excluding hydrogens is 328 g/mol. The van der Waals surface area contributed by atoms with Crippen molar-refractivity contribution in [1.82, 2.24) is 9.97 Å². The first-order valence-electron chi connectivity index (χ1n) is 7.56. The number of anilines is 1. The third kappa shape index (κ3) is 3.55. The van der Waals surface area contributed by atoms with Gasteiger partial charge in [-0.05, 0) is 31.2 Å². The first-order chi connectivity index (χ1) is 12.0. The zero-order valence-corrected chi connectivity index (χ0v) is 13.7. The molecule has 7 heteroatoms. The van der Waals surface area contributed by atoms with Crippen LogP contribution in [0.3, 0.4) is 0 Å². The highest BCUT2D eigenvalue weighted by Gasteiger charge is 2.26. The molecule has 0 radical (unpaired) electrons. The van der Waals surface area contributed by atoms with Crippen molar-refractivity contribution in [2.24, 2.45) is 0 Å². The van der Waals surface area contributed by atoms with Crippen LogP contribution in [0.4, 0.5) is 14.5 Å². The molecule has 0 saturated carbocycles. The van der Waals surface area contributed by atoms with Gasteiger partial charge in [-0.25, -0.2) is 13.8 Å². The minimum atomic E-state index is -0.849. The summed E-state index contributed by atoms with van der Waals surface area (Å²) in [5.74, 6) is -1.80. The summed E-state index contributed by atoms with van der Waals surface area (Å²) in [4.78, 5) is 22.3. The van der Waals surface area contributed by atoms with Crippen molar-refractivity contribution in [3.05, 3.63) is 77.3 Å². The third-order valence-electron chi connectivity index (χ3n) is 3.59. The Bertz CT molecular complexity index is 910. The quantitative estimate of drug-likeness (QED) is 0.723. The monoisotopic (exact) mass is 343 g/mol. The first-order valence-corrected chi connectivity index (χ1v) is 7.56. The Kier molecular flexibility index (Phi) is 4.56. The van der Waals surface area contributed by atoms with Gasteiger partial charge in [-0.15, -0.1) is 0 Å². The molecule has 0 unspecified atom stereocenters. The lowest BCUT2D eigenvalue weighted by atomic mass is 10.2. The highest BCUT2D eigenvalue weighted by atomic mass is 19.1. The van der Waals surface area contributed by atoms with Crippen molar-refractivity contribution in [3.8, 4) is 0 Å². The van der Waals surface area contributed by atoms with Crippen LogP contribution < -0.4 is 4.90 Å². The largest absolute Gasteiger partial charge is 0.436 e. The molecular formula is C18H15F2N3O2. The van der Waals surface area contributed by atoms with E-state index in [1.54, 1.807) is 38.2 Å². The molecule has 0 saturated heterocycles. The fraction of sp³-hybridized carbons (Fsp3) is 0.167. The lowest BCUT2D eigenvalue weighted by Gasteiger charge is -2.22. The molecule has 1 aromatic carbocycles. The van der Waals surface area contributed by atoms with Gasteiger partial charge in [0.15, 0.2) is 5.89 Å². The molecule has 1 amide bonds. The molecule has 0 aliphatic carbocycles. The molecule has 128 valence electrons. The second-order valence-electron chi connectivity index (χ2n) is 5.46. The van der Waals surface area contributed by atoms with Crippen molar-refractivity contribution in [2.75, 3.05) is 4.90 Å². The minimum absolute atomic E-state index is 0.00140. The number of hydrogen-bond donors (Lipinski definition) is 0. The average molecular weight is 343 g/mol. The number of hydrogen-bond acceptors (Lipinski definition) is 4. The molecule has 3 rings (SSSR count). The van der Waals surface area contributed by atoms with E-state index in [1.807, 2.05) is 0 Å². The third-order valence-corrected chi connectivity index (χ3v) is 3.59. The molecule has 0 N–H and O–H groups in total. The SMILES string of the molecule is Cc1nc(C)c(C(=O)N(Cc2ccccn2)c2ccc(F)cc2F)o1. The van der Waals surface area contributed by atoms with Crippen LogP contribution in [-0.4, -0.2) is 15.9 Å². The number of pyridine rings is 1. The molecule has 0 fully saturated rings. The van der Waals surface area contributed by atoms with Gasteiger partial charge in [-0.1, -0.05) is 6.07 Å². The molecule has 0 atom stereocenters. The lowest BCUT2D eigenvalue weighted by Crippen LogP contribution is -2.31. The van der Waals surface area contributed by atoms with E-state index in [0.717, 1.165) is 17.0 Å². The van der Waals surface area contributed by atoms with Crippen molar-refractivity contribution in [2.45, 2.75) is 20.4 Å². The van der Waals surface area contributed by atoms with Gasteiger partial charge in [-0.3, -0.25) is 14.7 Å². The molecule has 0 bridgehead atoms. The van der Waals surface area contributed by atoms with E-state index < -0.39 is 17.5 Å². The molecule has 0 aliphatic heterocycles. The maximum atomic E-state index is 14.3. The lowest BCUT2D eigenvalue weighted by molar-refractivity contribution is 0.0955. The second-order valence-corrected chi connectivity index (χ2v) is 5.46. The average Bonchev–Trinajstić information content (AvgIpc) is 2.92. The Morgan fingerprint density at radius 1 is 1.20 bits per heavy atom. The smallest absolute Gasteiger partial charge is 0.296 e. The fourth-order valence-corrected chi connectivity index (χ4v) is 2.47. The summed E-state index contributed by atoms with van der Waals surface area (Å²) in [6.45, 7) is 3.25. The number of rotatable bonds is 4. The van der Waals surface area contributed by atoms with Crippen LogP contribution in [0, 0.1) is 25.5 Å². The van der Waals surface area contributed by atoms with Crippen LogP contribution in [0.25, 0.3) is 0 Å². The zero-order valence-electron chi connectivity index (χ0n) is 13.7. The predicted octanol–water partition coefficient (Wildman–Crippen LogP) is 3.81. The normalized spacial score (nSPS) is 10.7. The molecule has 0 aliphatic rings. The van der Waals surface area contributed by atoms with Gasteiger partial charge >= 0.3 is 0 Å². The van der Waals surface area contributed by atoms with Crippen LogP contribution >= 0.6 is 0 Å². The zero-order chi connectivity index (χ0) is 18.0. The number of nitrogens with zero attached hydrogens (tertiary/aromatic N) is 3. The fourth-order valence-electron chi connectivity index (χ4n) is 2.47. The van der Waals surface area contributed by atoms with E-state index in [9.17, 15) is 13.6 Å². The van der Waals surface area contributed by atoms with E-state index in [4.69, 9.17) is 4.42 Å². The Hall–Kier alpha value is -3.09. The Balaban J connectivity index is 2.05. The van der Waals surface area contributed by atoms with E-state index in [-0.39, 0.29) is 18.0 Å². The van der Waals surface area contributed by atoms with Gasteiger partial charge in [-0.2, -0.15) is 0 Å². The van der Waals surface area contributed by atoms with E-state index in [2.05, 4.69) is 9.97 Å². The van der Waals surface area contributed by atoms with Crippen molar-refractivity contribution < 1.29 is 18.0 Å². The minimum Gasteiger partial charge on any atom is -0.436 e. The number of carbonyl (C=O) groups excluding carboxylic acids is 1.